The maximum atomic E-state index is 12.5. The molecule has 2 aromatic carbocycles. The van der Waals surface area contributed by atoms with Crippen LogP contribution in [-0.4, -0.2) is 23.5 Å². The number of hydrogen-bond donors (Lipinski definition) is 0. The van der Waals surface area contributed by atoms with E-state index in [1.54, 1.807) is 0 Å². The first-order valence-electron chi connectivity index (χ1n) is 8.15. The van der Waals surface area contributed by atoms with Crippen molar-refractivity contribution in [3.05, 3.63) is 65.7 Å². The van der Waals surface area contributed by atoms with Crippen LogP contribution in [0.5, 0.6) is 5.75 Å². The minimum atomic E-state index is 0.00317. The van der Waals surface area contributed by atoms with Gasteiger partial charge in [0.1, 0.15) is 5.75 Å². The number of benzene rings is 2. The van der Waals surface area contributed by atoms with E-state index in [-0.39, 0.29) is 18.6 Å². The first-order chi connectivity index (χ1) is 11.1. The summed E-state index contributed by atoms with van der Waals surface area (Å²) in [6.07, 6.45) is 0.997. The third-order valence-corrected chi connectivity index (χ3v) is 3.83. The van der Waals surface area contributed by atoms with Gasteiger partial charge in [-0.05, 0) is 43.5 Å². The number of carbonyl (C=O) groups excluding carboxylic acids is 1. The van der Waals surface area contributed by atoms with Gasteiger partial charge in [0.15, 0.2) is 6.61 Å². The quantitative estimate of drug-likeness (QED) is 0.771. The summed E-state index contributed by atoms with van der Waals surface area (Å²) in [5, 5.41) is 0. The summed E-state index contributed by atoms with van der Waals surface area (Å²) in [6.45, 7) is 6.84. The number of carbonyl (C=O) groups is 1. The van der Waals surface area contributed by atoms with Gasteiger partial charge < -0.3 is 9.64 Å². The Balaban J connectivity index is 1.95. The van der Waals surface area contributed by atoms with Crippen LogP contribution in [0.15, 0.2) is 54.6 Å². The molecule has 2 aromatic rings. The van der Waals surface area contributed by atoms with Crippen molar-refractivity contribution in [2.45, 2.75) is 39.8 Å². The summed E-state index contributed by atoms with van der Waals surface area (Å²) in [5.41, 5.74) is 2.39. The predicted molar refractivity (Wildman–Crippen MR) is 93.4 cm³/mol. The van der Waals surface area contributed by atoms with Crippen LogP contribution >= 0.6 is 0 Å². The number of nitrogens with zero attached hydrogens (tertiary/aromatic N) is 1. The highest BCUT2D eigenvalue weighted by molar-refractivity contribution is 5.78. The SMILES string of the molecule is CCc1ccc(OCC(=O)N(Cc2ccccc2)C(C)C)cc1. The van der Waals surface area contributed by atoms with Crippen LogP contribution in [0, 0.1) is 0 Å². The van der Waals surface area contributed by atoms with Crippen molar-refractivity contribution in [2.75, 3.05) is 6.61 Å². The van der Waals surface area contributed by atoms with E-state index in [4.69, 9.17) is 4.74 Å². The van der Waals surface area contributed by atoms with Gasteiger partial charge in [0.25, 0.3) is 5.91 Å². The van der Waals surface area contributed by atoms with Crippen LogP contribution < -0.4 is 4.74 Å². The molecule has 0 atom stereocenters. The van der Waals surface area contributed by atoms with E-state index >= 15 is 0 Å². The monoisotopic (exact) mass is 311 g/mol. The molecule has 0 saturated carbocycles. The zero-order valence-electron chi connectivity index (χ0n) is 14.2. The Morgan fingerprint density at radius 2 is 1.65 bits per heavy atom. The molecule has 0 aliphatic carbocycles. The van der Waals surface area contributed by atoms with Crippen molar-refractivity contribution in [2.24, 2.45) is 0 Å². The minimum absolute atomic E-state index is 0.00317. The molecule has 0 heterocycles. The molecular formula is C20H25NO2. The standard InChI is InChI=1S/C20H25NO2/c1-4-17-10-12-19(13-11-17)23-15-20(22)21(16(2)3)14-18-8-6-5-7-9-18/h5-13,16H,4,14-15H2,1-3H3. The lowest BCUT2D eigenvalue weighted by Crippen LogP contribution is -2.39. The van der Waals surface area contributed by atoms with Gasteiger partial charge in [-0.3, -0.25) is 4.79 Å². The molecule has 0 saturated heterocycles. The molecule has 23 heavy (non-hydrogen) atoms. The second-order valence-electron chi connectivity index (χ2n) is 5.89. The van der Waals surface area contributed by atoms with E-state index in [9.17, 15) is 4.79 Å². The number of rotatable bonds is 7. The first-order valence-corrected chi connectivity index (χ1v) is 8.15. The van der Waals surface area contributed by atoms with Crippen molar-refractivity contribution < 1.29 is 9.53 Å². The average Bonchev–Trinajstić information content (AvgIpc) is 2.58. The van der Waals surface area contributed by atoms with Gasteiger partial charge in [-0.1, -0.05) is 49.4 Å². The summed E-state index contributed by atoms with van der Waals surface area (Å²) in [4.78, 5) is 14.3. The average molecular weight is 311 g/mol. The second kappa shape index (κ2) is 8.37. The predicted octanol–water partition coefficient (Wildman–Crippen LogP) is 4.07. The molecule has 122 valence electrons. The summed E-state index contributed by atoms with van der Waals surface area (Å²) >= 11 is 0. The Kier molecular flexibility index (Phi) is 6.21. The van der Waals surface area contributed by atoms with E-state index in [0.717, 1.165) is 17.7 Å². The second-order valence-corrected chi connectivity index (χ2v) is 5.89. The highest BCUT2D eigenvalue weighted by Crippen LogP contribution is 2.14. The molecule has 0 radical (unpaired) electrons. The minimum Gasteiger partial charge on any atom is -0.484 e. The maximum Gasteiger partial charge on any atom is 0.261 e. The van der Waals surface area contributed by atoms with E-state index < -0.39 is 0 Å². The zero-order valence-corrected chi connectivity index (χ0v) is 14.2. The molecule has 0 aliphatic heterocycles. The Hall–Kier alpha value is -2.29. The van der Waals surface area contributed by atoms with Gasteiger partial charge in [0, 0.05) is 12.6 Å². The number of ether oxygens (including phenoxy) is 1. The zero-order chi connectivity index (χ0) is 16.7. The lowest BCUT2D eigenvalue weighted by molar-refractivity contribution is -0.135. The van der Waals surface area contributed by atoms with E-state index in [2.05, 4.69) is 6.92 Å². The lowest BCUT2D eigenvalue weighted by Gasteiger charge is -2.27. The van der Waals surface area contributed by atoms with Gasteiger partial charge in [-0.2, -0.15) is 0 Å². The molecule has 3 nitrogen and oxygen atoms in total. The van der Waals surface area contributed by atoms with Crippen molar-refractivity contribution in [3.63, 3.8) is 0 Å². The Morgan fingerprint density at radius 1 is 1.00 bits per heavy atom. The molecule has 0 aromatic heterocycles. The maximum absolute atomic E-state index is 12.5. The molecule has 1 amide bonds. The fraction of sp³-hybridized carbons (Fsp3) is 0.350. The largest absolute Gasteiger partial charge is 0.484 e. The lowest BCUT2D eigenvalue weighted by atomic mass is 10.2. The fourth-order valence-corrected chi connectivity index (χ4v) is 2.39. The third-order valence-electron chi connectivity index (χ3n) is 3.83. The number of hydrogen-bond acceptors (Lipinski definition) is 2. The third kappa shape index (κ3) is 5.13. The molecule has 0 spiro atoms. The summed E-state index contributed by atoms with van der Waals surface area (Å²) in [7, 11) is 0. The molecule has 0 N–H and O–H groups in total. The van der Waals surface area contributed by atoms with Gasteiger partial charge in [0.2, 0.25) is 0 Å². The first kappa shape index (κ1) is 17.1. The van der Waals surface area contributed by atoms with Crippen LogP contribution in [0.4, 0.5) is 0 Å². The molecule has 2 rings (SSSR count). The fourth-order valence-electron chi connectivity index (χ4n) is 2.39. The van der Waals surface area contributed by atoms with Crippen molar-refractivity contribution in [1.29, 1.82) is 0 Å². The summed E-state index contributed by atoms with van der Waals surface area (Å²) < 4.78 is 5.64. The van der Waals surface area contributed by atoms with Crippen LogP contribution in [0.25, 0.3) is 0 Å². The van der Waals surface area contributed by atoms with Crippen LogP contribution in [0.1, 0.15) is 31.9 Å². The molecular weight excluding hydrogens is 286 g/mol. The summed E-state index contributed by atoms with van der Waals surface area (Å²) in [6, 6.07) is 18.1. The van der Waals surface area contributed by atoms with Gasteiger partial charge in [0.05, 0.1) is 0 Å². The van der Waals surface area contributed by atoms with Crippen LogP contribution in [-0.2, 0) is 17.8 Å². The molecule has 0 aliphatic rings. The molecule has 0 unspecified atom stereocenters. The normalized spacial score (nSPS) is 10.6. The molecule has 0 fully saturated rings. The summed E-state index contributed by atoms with van der Waals surface area (Å²) in [5.74, 6) is 0.738. The topological polar surface area (TPSA) is 29.5 Å². The number of amides is 1. The highest BCUT2D eigenvalue weighted by atomic mass is 16.5. The Labute approximate surface area is 138 Å². The Bertz CT molecular complexity index is 605. The van der Waals surface area contributed by atoms with Gasteiger partial charge >= 0.3 is 0 Å². The van der Waals surface area contributed by atoms with E-state index in [1.807, 2.05) is 73.3 Å². The van der Waals surface area contributed by atoms with Gasteiger partial charge in [-0.25, -0.2) is 0 Å². The van der Waals surface area contributed by atoms with Gasteiger partial charge in [-0.15, -0.1) is 0 Å². The van der Waals surface area contributed by atoms with Crippen LogP contribution in [0.2, 0.25) is 0 Å². The molecule has 3 heteroatoms. The number of aryl methyl sites for hydroxylation is 1. The van der Waals surface area contributed by atoms with Crippen molar-refractivity contribution >= 4 is 5.91 Å². The van der Waals surface area contributed by atoms with E-state index in [1.165, 1.54) is 5.56 Å². The van der Waals surface area contributed by atoms with E-state index in [0.29, 0.717) is 6.54 Å². The molecule has 0 bridgehead atoms. The van der Waals surface area contributed by atoms with Crippen molar-refractivity contribution in [1.82, 2.24) is 4.90 Å². The smallest absolute Gasteiger partial charge is 0.261 e. The Morgan fingerprint density at radius 3 is 2.22 bits per heavy atom. The highest BCUT2D eigenvalue weighted by Gasteiger charge is 2.17. The van der Waals surface area contributed by atoms with Crippen LogP contribution in [0.3, 0.4) is 0 Å². The van der Waals surface area contributed by atoms with Crippen molar-refractivity contribution in [3.8, 4) is 5.75 Å².